The molecule has 0 aliphatic heterocycles. The largest absolute Gasteiger partial charge is 0.440 e. The van der Waals surface area contributed by atoms with Crippen LogP contribution in [-0.2, 0) is 12.8 Å². The first-order valence-corrected chi connectivity index (χ1v) is 10.6. The minimum atomic E-state index is 0.299. The Morgan fingerprint density at radius 3 is 2.70 bits per heavy atom. The number of hydrogen-bond acceptors (Lipinski definition) is 5. The molecule has 0 aromatic carbocycles. The zero-order valence-corrected chi connectivity index (χ0v) is 17.8. The molecular weight excluding hydrogens is 354 g/mol. The highest BCUT2D eigenvalue weighted by Gasteiger charge is 2.32. The van der Waals surface area contributed by atoms with Crippen molar-refractivity contribution in [3.8, 4) is 6.07 Å². The van der Waals surface area contributed by atoms with E-state index in [0.29, 0.717) is 11.3 Å². The fraction of sp³-hybridized carbons (Fsp3) is 0.545. The summed E-state index contributed by atoms with van der Waals surface area (Å²) in [5.74, 6) is 2.24. The van der Waals surface area contributed by atoms with Crippen LogP contribution in [-0.4, -0.2) is 19.3 Å². The number of rotatable bonds is 5. The number of aliphatic imine (C=N–C) groups is 1. The first-order valence-electron chi connectivity index (χ1n) is 9.80. The molecule has 1 unspecified atom stereocenters. The summed E-state index contributed by atoms with van der Waals surface area (Å²) < 4.78 is 5.88. The summed E-state index contributed by atoms with van der Waals surface area (Å²) in [4.78, 5) is 8.12. The topological polar surface area (TPSA) is 52.5 Å². The quantitative estimate of drug-likeness (QED) is 0.599. The fourth-order valence-electron chi connectivity index (χ4n) is 3.76. The van der Waals surface area contributed by atoms with Crippen molar-refractivity contribution < 1.29 is 4.42 Å². The maximum atomic E-state index is 9.68. The molecule has 2 heterocycles. The van der Waals surface area contributed by atoms with Crippen molar-refractivity contribution in [2.75, 3.05) is 18.0 Å². The van der Waals surface area contributed by atoms with E-state index < -0.39 is 0 Å². The Morgan fingerprint density at radius 1 is 1.33 bits per heavy atom. The molecule has 2 aromatic heterocycles. The molecule has 1 aliphatic rings. The Bertz CT molecular complexity index is 859. The van der Waals surface area contributed by atoms with Crippen LogP contribution >= 0.6 is 11.3 Å². The van der Waals surface area contributed by atoms with Gasteiger partial charge in [0, 0.05) is 24.0 Å². The van der Waals surface area contributed by atoms with Gasteiger partial charge < -0.3 is 9.32 Å². The summed E-state index contributed by atoms with van der Waals surface area (Å²) in [5.41, 5.74) is 2.28. The Balaban J connectivity index is 1.83. The van der Waals surface area contributed by atoms with Gasteiger partial charge in [-0.2, -0.15) is 5.26 Å². The van der Waals surface area contributed by atoms with Crippen LogP contribution in [0.4, 0.5) is 10.9 Å². The van der Waals surface area contributed by atoms with Crippen LogP contribution in [0.5, 0.6) is 0 Å². The van der Waals surface area contributed by atoms with Gasteiger partial charge in [0.1, 0.15) is 16.8 Å². The van der Waals surface area contributed by atoms with Gasteiger partial charge in [-0.05, 0) is 56.1 Å². The standard InChI is InChI=1S/C22H29N3OS/c1-6-25(7-2)20-11-9-16(26-20)14-24-21-18(13-23)17-10-8-15(22(3,4)5)12-19(17)27-21/h9,11,14-15H,6-8,10,12H2,1-5H3/b24-14+. The zero-order chi connectivity index (χ0) is 19.6. The van der Waals surface area contributed by atoms with E-state index in [1.54, 1.807) is 17.6 Å². The number of furan rings is 1. The van der Waals surface area contributed by atoms with Gasteiger partial charge in [0.05, 0.1) is 11.8 Å². The predicted molar refractivity (Wildman–Crippen MR) is 114 cm³/mol. The van der Waals surface area contributed by atoms with Crippen LogP contribution < -0.4 is 4.90 Å². The smallest absolute Gasteiger partial charge is 0.196 e. The molecule has 5 heteroatoms. The molecule has 0 saturated heterocycles. The SMILES string of the molecule is CCN(CC)c1ccc(/C=N/c2sc3c(c2C#N)CCC(C(C)(C)C)C3)o1. The van der Waals surface area contributed by atoms with Crippen molar-refractivity contribution in [2.45, 2.75) is 53.9 Å². The molecule has 1 aliphatic carbocycles. The van der Waals surface area contributed by atoms with Crippen molar-refractivity contribution >= 4 is 28.4 Å². The number of hydrogen-bond donors (Lipinski definition) is 0. The molecule has 0 fully saturated rings. The van der Waals surface area contributed by atoms with Crippen molar-refractivity contribution in [2.24, 2.45) is 16.3 Å². The van der Waals surface area contributed by atoms with Crippen LogP contribution in [0.2, 0.25) is 0 Å². The fourth-order valence-corrected chi connectivity index (χ4v) is 4.98. The highest BCUT2D eigenvalue weighted by molar-refractivity contribution is 7.16. The van der Waals surface area contributed by atoms with E-state index in [2.05, 4.69) is 50.6 Å². The predicted octanol–water partition coefficient (Wildman–Crippen LogP) is 5.96. The van der Waals surface area contributed by atoms with E-state index in [4.69, 9.17) is 4.42 Å². The number of nitriles is 1. The maximum absolute atomic E-state index is 9.68. The second-order valence-electron chi connectivity index (χ2n) is 8.21. The Kier molecular flexibility index (Phi) is 5.76. The number of thiophene rings is 1. The van der Waals surface area contributed by atoms with Crippen molar-refractivity contribution in [3.63, 3.8) is 0 Å². The summed E-state index contributed by atoms with van der Waals surface area (Å²) in [5, 5.41) is 10.5. The molecule has 0 spiro atoms. The maximum Gasteiger partial charge on any atom is 0.196 e. The molecule has 0 radical (unpaired) electrons. The third-order valence-corrected chi connectivity index (χ3v) is 6.74. The molecule has 0 saturated carbocycles. The van der Waals surface area contributed by atoms with E-state index in [-0.39, 0.29) is 0 Å². The van der Waals surface area contributed by atoms with Crippen LogP contribution in [0.25, 0.3) is 0 Å². The van der Waals surface area contributed by atoms with Crippen LogP contribution in [0.3, 0.4) is 0 Å². The minimum Gasteiger partial charge on any atom is -0.440 e. The van der Waals surface area contributed by atoms with Gasteiger partial charge in [-0.3, -0.25) is 0 Å². The monoisotopic (exact) mass is 383 g/mol. The second kappa shape index (κ2) is 7.90. The Hall–Kier alpha value is -2.06. The molecule has 27 heavy (non-hydrogen) atoms. The lowest BCUT2D eigenvalue weighted by Crippen LogP contribution is -2.26. The number of anilines is 1. The highest BCUT2D eigenvalue weighted by Crippen LogP contribution is 2.44. The van der Waals surface area contributed by atoms with Crippen LogP contribution in [0.15, 0.2) is 21.5 Å². The second-order valence-corrected chi connectivity index (χ2v) is 9.29. The lowest BCUT2D eigenvalue weighted by Gasteiger charge is -2.33. The normalized spacial score (nSPS) is 17.1. The molecule has 1 atom stereocenters. The third kappa shape index (κ3) is 4.11. The van der Waals surface area contributed by atoms with Crippen LogP contribution in [0.1, 0.15) is 62.8 Å². The first-order chi connectivity index (χ1) is 12.9. The van der Waals surface area contributed by atoms with Gasteiger partial charge in [-0.1, -0.05) is 20.8 Å². The number of nitrogens with zero attached hydrogens (tertiary/aromatic N) is 3. The average molecular weight is 384 g/mol. The van der Waals surface area contributed by atoms with Gasteiger partial charge in [0.25, 0.3) is 0 Å². The van der Waals surface area contributed by atoms with Gasteiger partial charge >= 0.3 is 0 Å². The molecule has 3 rings (SSSR count). The lowest BCUT2D eigenvalue weighted by atomic mass is 9.72. The lowest BCUT2D eigenvalue weighted by molar-refractivity contribution is 0.218. The van der Waals surface area contributed by atoms with Crippen molar-refractivity contribution in [1.29, 1.82) is 5.26 Å². The van der Waals surface area contributed by atoms with Gasteiger partial charge in [0.15, 0.2) is 5.88 Å². The summed E-state index contributed by atoms with van der Waals surface area (Å²) in [6.45, 7) is 13.0. The molecule has 2 aromatic rings. The minimum absolute atomic E-state index is 0.299. The highest BCUT2D eigenvalue weighted by atomic mass is 32.1. The van der Waals surface area contributed by atoms with Crippen LogP contribution in [0, 0.1) is 22.7 Å². The van der Waals surface area contributed by atoms with Gasteiger partial charge in [-0.15, -0.1) is 11.3 Å². The molecule has 0 bridgehead atoms. The zero-order valence-electron chi connectivity index (χ0n) is 17.0. The molecular formula is C22H29N3OS. The number of fused-ring (bicyclic) bond motifs is 1. The van der Waals surface area contributed by atoms with Gasteiger partial charge in [0.2, 0.25) is 0 Å². The summed E-state index contributed by atoms with van der Waals surface area (Å²) >= 11 is 1.68. The molecule has 0 amide bonds. The summed E-state index contributed by atoms with van der Waals surface area (Å²) in [6.07, 6.45) is 4.93. The average Bonchev–Trinajstić information content (AvgIpc) is 3.23. The van der Waals surface area contributed by atoms with E-state index in [1.165, 1.54) is 10.4 Å². The summed E-state index contributed by atoms with van der Waals surface area (Å²) in [7, 11) is 0. The molecule has 144 valence electrons. The molecule has 4 nitrogen and oxygen atoms in total. The molecule has 0 N–H and O–H groups in total. The van der Waals surface area contributed by atoms with Crippen molar-refractivity contribution in [3.05, 3.63) is 33.9 Å². The summed E-state index contributed by atoms with van der Waals surface area (Å²) in [6, 6.07) is 6.31. The van der Waals surface area contributed by atoms with E-state index >= 15 is 0 Å². The first kappa shape index (κ1) is 19.7. The van der Waals surface area contributed by atoms with Gasteiger partial charge in [-0.25, -0.2) is 4.99 Å². The Labute approximate surface area is 166 Å². The van der Waals surface area contributed by atoms with E-state index in [0.717, 1.165) is 54.6 Å². The third-order valence-electron chi connectivity index (χ3n) is 5.58. The van der Waals surface area contributed by atoms with E-state index in [9.17, 15) is 5.26 Å². The Morgan fingerprint density at radius 2 is 2.07 bits per heavy atom. The van der Waals surface area contributed by atoms with E-state index in [1.807, 2.05) is 12.1 Å². The van der Waals surface area contributed by atoms with Crippen molar-refractivity contribution in [1.82, 2.24) is 0 Å².